The monoisotopic (exact) mass is 602 g/mol. The van der Waals surface area contributed by atoms with Crippen molar-refractivity contribution in [3.8, 4) is 16.9 Å². The zero-order valence-electron chi connectivity index (χ0n) is 24.6. The number of aromatic nitrogens is 3. The third-order valence-electron chi connectivity index (χ3n) is 6.39. The topological polar surface area (TPSA) is 150 Å². The summed E-state index contributed by atoms with van der Waals surface area (Å²) in [6, 6.07) is 17.5. The van der Waals surface area contributed by atoms with Crippen molar-refractivity contribution in [2.24, 2.45) is 0 Å². The van der Waals surface area contributed by atoms with Crippen molar-refractivity contribution in [3.05, 3.63) is 77.3 Å². The average molecular weight is 603 g/mol. The summed E-state index contributed by atoms with van der Waals surface area (Å²) in [5, 5.41) is 17.6. The van der Waals surface area contributed by atoms with Gasteiger partial charge in [-0.3, -0.25) is 25.0 Å². The fraction of sp³-hybridized carbons (Fsp3) is 0.267. The molecule has 2 aromatic heterocycles. The maximum Gasteiger partial charge on any atom is 0.326 e. The zero-order valence-corrected chi connectivity index (χ0v) is 25.4. The van der Waals surface area contributed by atoms with E-state index in [0.717, 1.165) is 21.9 Å². The lowest BCUT2D eigenvalue weighted by molar-refractivity contribution is -0.123. The lowest BCUT2D eigenvalue weighted by Crippen LogP contribution is -2.44. The van der Waals surface area contributed by atoms with E-state index < -0.39 is 23.8 Å². The van der Waals surface area contributed by atoms with E-state index in [2.05, 4.69) is 26.3 Å². The van der Waals surface area contributed by atoms with Gasteiger partial charge in [0.1, 0.15) is 18.9 Å². The summed E-state index contributed by atoms with van der Waals surface area (Å²) in [7, 11) is 2.92. The van der Waals surface area contributed by atoms with Gasteiger partial charge < -0.3 is 15.5 Å². The van der Waals surface area contributed by atoms with Crippen LogP contribution in [0.25, 0.3) is 16.9 Å². The van der Waals surface area contributed by atoms with E-state index in [-0.39, 0.29) is 24.1 Å². The number of likely N-dealkylation sites (N-methyl/N-ethyl adjacent to an activating group) is 2. The van der Waals surface area contributed by atoms with Crippen molar-refractivity contribution in [2.45, 2.75) is 26.2 Å². The van der Waals surface area contributed by atoms with Crippen molar-refractivity contribution in [1.29, 1.82) is 0 Å². The van der Waals surface area contributed by atoms with Gasteiger partial charge in [-0.25, -0.2) is 14.5 Å². The predicted molar refractivity (Wildman–Crippen MR) is 166 cm³/mol. The van der Waals surface area contributed by atoms with E-state index in [1.54, 1.807) is 35.0 Å². The second kappa shape index (κ2) is 13.3. The molecule has 0 aliphatic carbocycles. The summed E-state index contributed by atoms with van der Waals surface area (Å²) in [6.45, 7) is 5.50. The minimum atomic E-state index is -0.485. The van der Waals surface area contributed by atoms with Crippen LogP contribution in [-0.2, 0) is 15.0 Å². The molecule has 0 saturated heterocycles. The summed E-state index contributed by atoms with van der Waals surface area (Å²) in [5.41, 5.74) is 3.02. The van der Waals surface area contributed by atoms with Crippen LogP contribution in [0.1, 0.15) is 36.8 Å². The third-order valence-corrected chi connectivity index (χ3v) is 7.14. The quantitative estimate of drug-likeness (QED) is 0.228. The Morgan fingerprint density at radius 1 is 0.884 bits per heavy atom. The molecule has 4 aromatic rings. The molecule has 0 bridgehead atoms. The van der Waals surface area contributed by atoms with Crippen LogP contribution in [-0.4, -0.2) is 70.6 Å². The second-order valence-corrected chi connectivity index (χ2v) is 11.5. The summed E-state index contributed by atoms with van der Waals surface area (Å²) >= 11 is 1.32. The van der Waals surface area contributed by atoms with E-state index in [0.29, 0.717) is 16.6 Å². The number of benzene rings is 2. The highest BCUT2D eigenvalue weighted by atomic mass is 32.1. The van der Waals surface area contributed by atoms with Gasteiger partial charge in [0.05, 0.1) is 17.1 Å². The number of urea groups is 1. The van der Waals surface area contributed by atoms with Gasteiger partial charge in [-0.2, -0.15) is 5.10 Å². The summed E-state index contributed by atoms with van der Waals surface area (Å²) < 4.78 is 1.58. The van der Waals surface area contributed by atoms with Gasteiger partial charge in [-0.15, -0.1) is 11.3 Å². The number of anilines is 2. The molecule has 0 atom stereocenters. The fourth-order valence-corrected chi connectivity index (χ4v) is 4.70. The molecule has 0 unspecified atom stereocenters. The number of rotatable bonds is 9. The summed E-state index contributed by atoms with van der Waals surface area (Å²) in [6.07, 6.45) is 0. The molecule has 12 nitrogen and oxygen atoms in total. The molecule has 5 amide bonds. The minimum Gasteiger partial charge on any atom is -0.358 e. The first-order valence-electron chi connectivity index (χ1n) is 13.5. The van der Waals surface area contributed by atoms with Crippen LogP contribution >= 0.6 is 11.3 Å². The van der Waals surface area contributed by atoms with Crippen molar-refractivity contribution >= 4 is 46.0 Å². The number of hydrogen-bond donors (Lipinski definition) is 4. The van der Waals surface area contributed by atoms with Crippen LogP contribution < -0.4 is 21.3 Å². The van der Waals surface area contributed by atoms with Crippen LogP contribution in [0.4, 0.5) is 15.7 Å². The van der Waals surface area contributed by atoms with E-state index in [1.807, 2.05) is 56.5 Å². The molecule has 0 aliphatic rings. The molecule has 0 fully saturated rings. The van der Waals surface area contributed by atoms with Crippen LogP contribution in [0.15, 0.2) is 66.0 Å². The molecule has 2 aromatic carbocycles. The first kappa shape index (κ1) is 30.9. The van der Waals surface area contributed by atoms with Gasteiger partial charge in [-0.05, 0) is 24.3 Å². The molecule has 43 heavy (non-hydrogen) atoms. The number of nitrogens with zero attached hydrogens (tertiary/aromatic N) is 4. The van der Waals surface area contributed by atoms with Gasteiger partial charge in [-0.1, -0.05) is 51.1 Å². The van der Waals surface area contributed by atoms with E-state index in [4.69, 9.17) is 5.10 Å². The predicted octanol–water partition coefficient (Wildman–Crippen LogP) is 3.87. The normalized spacial score (nSPS) is 11.0. The van der Waals surface area contributed by atoms with Crippen LogP contribution in [0, 0.1) is 0 Å². The second-order valence-electron chi connectivity index (χ2n) is 10.6. The lowest BCUT2D eigenvalue weighted by atomic mass is 9.92. The standard InChI is InChI=1S/C30H34N8O4S/c1-30(2,3)23-15-24(34-28(42)35-29-33-22(18-43-29)19-9-7-6-8-10-19)38(36-23)21-13-11-20(12-14-21)27(41)37(16-25(39)31-4)17-26(40)32-5/h6-15,18H,16-17H2,1-5H3,(H,31,39)(H,32,40)(H2,33,34,35,42). The molecule has 4 rings (SSSR count). The van der Waals surface area contributed by atoms with Gasteiger partial charge in [0.25, 0.3) is 5.91 Å². The lowest BCUT2D eigenvalue weighted by Gasteiger charge is -2.21. The number of carbonyl (C=O) groups is 4. The first-order chi connectivity index (χ1) is 20.5. The number of hydrogen-bond acceptors (Lipinski definition) is 7. The Balaban J connectivity index is 1.55. The molecule has 0 radical (unpaired) electrons. The largest absolute Gasteiger partial charge is 0.358 e. The number of amides is 5. The molecular weight excluding hydrogens is 568 g/mol. The molecule has 13 heteroatoms. The van der Waals surface area contributed by atoms with Crippen molar-refractivity contribution < 1.29 is 19.2 Å². The van der Waals surface area contributed by atoms with Crippen LogP contribution in [0.5, 0.6) is 0 Å². The molecular formula is C30H34N8O4S. The maximum atomic E-state index is 13.2. The highest BCUT2D eigenvalue weighted by molar-refractivity contribution is 7.14. The van der Waals surface area contributed by atoms with Crippen molar-refractivity contribution in [3.63, 3.8) is 0 Å². The Morgan fingerprint density at radius 3 is 2.09 bits per heavy atom. The molecule has 0 aliphatic heterocycles. The highest BCUT2D eigenvalue weighted by Gasteiger charge is 2.24. The first-order valence-corrected chi connectivity index (χ1v) is 14.4. The van der Waals surface area contributed by atoms with Gasteiger partial charge in [0, 0.05) is 42.1 Å². The SMILES string of the molecule is CNC(=O)CN(CC(=O)NC)C(=O)c1ccc(-n2nc(C(C)(C)C)cc2NC(=O)Nc2nc(-c3ccccc3)cs2)cc1. The Bertz CT molecular complexity index is 1590. The van der Waals surface area contributed by atoms with Gasteiger partial charge >= 0.3 is 6.03 Å². The Hall–Kier alpha value is -5.04. The maximum absolute atomic E-state index is 13.2. The summed E-state index contributed by atoms with van der Waals surface area (Å²) in [5.74, 6) is -0.862. The van der Waals surface area contributed by atoms with E-state index in [1.165, 1.54) is 25.4 Å². The van der Waals surface area contributed by atoms with Crippen LogP contribution in [0.2, 0.25) is 0 Å². The Labute approximate surface area is 253 Å². The van der Waals surface area contributed by atoms with E-state index >= 15 is 0 Å². The van der Waals surface area contributed by atoms with Crippen molar-refractivity contribution in [2.75, 3.05) is 37.8 Å². The van der Waals surface area contributed by atoms with Crippen LogP contribution in [0.3, 0.4) is 0 Å². The molecule has 0 spiro atoms. The Kier molecular flexibility index (Phi) is 9.56. The van der Waals surface area contributed by atoms with Crippen molar-refractivity contribution in [1.82, 2.24) is 30.3 Å². The number of thiazole rings is 1. The number of carbonyl (C=O) groups excluding carboxylic acids is 4. The summed E-state index contributed by atoms with van der Waals surface area (Å²) in [4.78, 5) is 55.8. The number of nitrogens with one attached hydrogen (secondary N) is 4. The Morgan fingerprint density at radius 2 is 1.51 bits per heavy atom. The zero-order chi connectivity index (χ0) is 31.1. The van der Waals surface area contributed by atoms with Gasteiger partial charge in [0.15, 0.2) is 5.13 Å². The highest BCUT2D eigenvalue weighted by Crippen LogP contribution is 2.28. The average Bonchev–Trinajstić information content (AvgIpc) is 3.64. The molecule has 224 valence electrons. The third kappa shape index (κ3) is 7.83. The molecule has 4 N–H and O–H groups in total. The molecule has 2 heterocycles. The smallest absolute Gasteiger partial charge is 0.326 e. The minimum absolute atomic E-state index is 0.270. The fourth-order valence-electron chi connectivity index (χ4n) is 3.98. The molecule has 0 saturated carbocycles. The van der Waals surface area contributed by atoms with E-state index in [9.17, 15) is 19.2 Å². The van der Waals surface area contributed by atoms with Gasteiger partial charge in [0.2, 0.25) is 11.8 Å².